The van der Waals surface area contributed by atoms with Gasteiger partial charge in [0.1, 0.15) is 0 Å². The number of imide groups is 1. The molecule has 6 aliphatic rings. The minimum atomic E-state index is -0.373. The van der Waals surface area contributed by atoms with E-state index in [2.05, 4.69) is 10.9 Å². The molecule has 5 aliphatic carbocycles. The molecular formula is C23H31N3O4. The summed E-state index contributed by atoms with van der Waals surface area (Å²) in [5.74, 6) is 0.962. The smallest absolute Gasteiger partial charge is 0.240 e. The van der Waals surface area contributed by atoms with Gasteiger partial charge in [0.2, 0.25) is 23.6 Å². The first-order valence-electron chi connectivity index (χ1n) is 11.5. The molecule has 0 radical (unpaired) electrons. The standard InChI is InChI=1S/C23H31N3O4/c27-19(5-6-26-21(29)17-3-1-2-4-18(17)22(26)30)24-25-20(28)13-23-10-14-7-15(11-23)9-16(8-14)12-23/h1-2,14-18H,3-13H2,(H,24,27)(H,25,28)/t14?,15?,16?,17-,18-,23?/m1/s1. The van der Waals surface area contributed by atoms with Gasteiger partial charge in [-0.25, -0.2) is 0 Å². The van der Waals surface area contributed by atoms with Crippen molar-refractivity contribution in [2.75, 3.05) is 6.54 Å². The number of likely N-dealkylation sites (tertiary alicyclic amines) is 1. The maximum Gasteiger partial charge on any atom is 0.240 e. The van der Waals surface area contributed by atoms with E-state index >= 15 is 0 Å². The molecule has 1 heterocycles. The molecule has 4 amide bonds. The SMILES string of the molecule is O=C(CCN1C(=O)[C@@H]2CC=CC[C@H]2C1=O)NNC(=O)CC12CC3CC(CC(C3)C1)C2. The Hall–Kier alpha value is -2.18. The highest BCUT2D eigenvalue weighted by molar-refractivity contribution is 6.05. The number of rotatable bonds is 5. The monoisotopic (exact) mass is 413 g/mol. The second-order valence-electron chi connectivity index (χ2n) is 10.4. The van der Waals surface area contributed by atoms with Gasteiger partial charge in [0.25, 0.3) is 0 Å². The molecule has 0 aromatic rings. The third-order valence-corrected chi connectivity index (χ3v) is 8.20. The number of hydrazine groups is 1. The number of nitrogens with zero attached hydrogens (tertiary/aromatic N) is 1. The molecule has 162 valence electrons. The van der Waals surface area contributed by atoms with E-state index < -0.39 is 0 Å². The second-order valence-corrected chi connectivity index (χ2v) is 10.4. The van der Waals surface area contributed by atoms with Crippen LogP contribution in [0.2, 0.25) is 0 Å². The van der Waals surface area contributed by atoms with Crippen LogP contribution in [0.1, 0.15) is 64.2 Å². The highest BCUT2D eigenvalue weighted by Crippen LogP contribution is 2.61. The lowest BCUT2D eigenvalue weighted by atomic mass is 9.49. The number of hydrogen-bond donors (Lipinski definition) is 2. The summed E-state index contributed by atoms with van der Waals surface area (Å²) in [4.78, 5) is 50.8. The van der Waals surface area contributed by atoms with Crippen molar-refractivity contribution in [1.82, 2.24) is 15.8 Å². The lowest BCUT2D eigenvalue weighted by molar-refractivity contribution is -0.141. The van der Waals surface area contributed by atoms with Gasteiger partial charge in [0.05, 0.1) is 11.8 Å². The molecule has 7 heteroatoms. The van der Waals surface area contributed by atoms with Gasteiger partial charge in [-0.15, -0.1) is 0 Å². The quantitative estimate of drug-likeness (QED) is 0.410. The van der Waals surface area contributed by atoms with Crippen LogP contribution in [0.15, 0.2) is 12.2 Å². The number of carbonyl (C=O) groups is 4. The van der Waals surface area contributed by atoms with Gasteiger partial charge in [0.15, 0.2) is 0 Å². The number of amides is 4. The van der Waals surface area contributed by atoms with Crippen LogP contribution in [0, 0.1) is 35.0 Å². The van der Waals surface area contributed by atoms with Crippen molar-refractivity contribution >= 4 is 23.6 Å². The molecule has 4 bridgehead atoms. The Kier molecular flexibility index (Phi) is 4.94. The first kappa shape index (κ1) is 19.8. The van der Waals surface area contributed by atoms with Crippen LogP contribution in [-0.4, -0.2) is 35.1 Å². The van der Waals surface area contributed by atoms with E-state index in [0.29, 0.717) is 19.3 Å². The van der Waals surface area contributed by atoms with Crippen molar-refractivity contribution in [3.05, 3.63) is 12.2 Å². The highest BCUT2D eigenvalue weighted by Gasteiger charge is 2.51. The van der Waals surface area contributed by atoms with Gasteiger partial charge in [-0.1, -0.05) is 12.2 Å². The number of allylic oxidation sites excluding steroid dienone is 2. The van der Waals surface area contributed by atoms with Crippen LogP contribution < -0.4 is 10.9 Å². The van der Waals surface area contributed by atoms with Crippen molar-refractivity contribution < 1.29 is 19.2 Å². The maximum absolute atomic E-state index is 12.5. The number of carbonyl (C=O) groups excluding carboxylic acids is 4. The van der Waals surface area contributed by atoms with Gasteiger partial charge in [-0.05, 0) is 74.5 Å². The molecule has 7 nitrogen and oxygen atoms in total. The molecule has 4 saturated carbocycles. The summed E-state index contributed by atoms with van der Waals surface area (Å²) in [6.07, 6.45) is 13.0. The number of fused-ring (bicyclic) bond motifs is 1. The van der Waals surface area contributed by atoms with E-state index in [0.717, 1.165) is 37.0 Å². The Labute approximate surface area is 177 Å². The highest BCUT2D eigenvalue weighted by atomic mass is 16.2. The van der Waals surface area contributed by atoms with E-state index in [1.54, 1.807) is 0 Å². The van der Waals surface area contributed by atoms with Gasteiger partial charge < -0.3 is 0 Å². The van der Waals surface area contributed by atoms with Crippen LogP contribution >= 0.6 is 0 Å². The molecule has 0 spiro atoms. The second kappa shape index (κ2) is 7.50. The molecule has 1 saturated heterocycles. The normalized spacial score (nSPS) is 38.7. The average molecular weight is 414 g/mol. The van der Waals surface area contributed by atoms with E-state index in [9.17, 15) is 19.2 Å². The summed E-state index contributed by atoms with van der Waals surface area (Å²) >= 11 is 0. The first-order valence-corrected chi connectivity index (χ1v) is 11.5. The lowest BCUT2D eigenvalue weighted by Gasteiger charge is -2.56. The predicted octanol–water partition coefficient (Wildman–Crippen LogP) is 2.08. The van der Waals surface area contributed by atoms with Crippen LogP contribution in [0.25, 0.3) is 0 Å². The zero-order valence-electron chi connectivity index (χ0n) is 17.4. The minimum Gasteiger partial charge on any atom is -0.282 e. The molecule has 5 fully saturated rings. The van der Waals surface area contributed by atoms with Crippen molar-refractivity contribution in [3.63, 3.8) is 0 Å². The fourth-order valence-electron chi connectivity index (χ4n) is 7.40. The Bertz CT molecular complexity index is 743. The van der Waals surface area contributed by atoms with Gasteiger partial charge in [-0.2, -0.15) is 0 Å². The largest absolute Gasteiger partial charge is 0.282 e. The van der Waals surface area contributed by atoms with E-state index in [-0.39, 0.29) is 53.8 Å². The molecule has 1 aliphatic heterocycles. The number of hydrogen-bond acceptors (Lipinski definition) is 4. The van der Waals surface area contributed by atoms with Gasteiger partial charge in [0, 0.05) is 19.4 Å². The van der Waals surface area contributed by atoms with Crippen LogP contribution in [0.4, 0.5) is 0 Å². The predicted molar refractivity (Wildman–Crippen MR) is 108 cm³/mol. The Morgan fingerprint density at radius 1 is 0.867 bits per heavy atom. The molecule has 2 N–H and O–H groups in total. The summed E-state index contributed by atoms with van der Waals surface area (Å²) in [7, 11) is 0. The fraction of sp³-hybridized carbons (Fsp3) is 0.739. The Balaban J connectivity index is 1.07. The zero-order chi connectivity index (χ0) is 20.9. The average Bonchev–Trinajstić information content (AvgIpc) is 2.94. The van der Waals surface area contributed by atoms with Crippen molar-refractivity contribution in [3.8, 4) is 0 Å². The molecule has 6 rings (SSSR count). The van der Waals surface area contributed by atoms with E-state index in [4.69, 9.17) is 0 Å². The van der Waals surface area contributed by atoms with Crippen LogP contribution in [0.3, 0.4) is 0 Å². The van der Waals surface area contributed by atoms with E-state index in [1.807, 2.05) is 12.2 Å². The topological polar surface area (TPSA) is 95.6 Å². The van der Waals surface area contributed by atoms with Crippen molar-refractivity contribution in [2.24, 2.45) is 35.0 Å². The molecular weight excluding hydrogens is 382 g/mol. The van der Waals surface area contributed by atoms with Gasteiger partial charge in [-0.3, -0.25) is 34.9 Å². The Morgan fingerprint density at radius 3 is 1.90 bits per heavy atom. The fourth-order valence-corrected chi connectivity index (χ4v) is 7.40. The molecule has 0 aromatic carbocycles. The van der Waals surface area contributed by atoms with Crippen molar-refractivity contribution in [2.45, 2.75) is 64.2 Å². The van der Waals surface area contributed by atoms with E-state index in [1.165, 1.54) is 24.2 Å². The minimum absolute atomic E-state index is 0.00198. The first-order chi connectivity index (χ1) is 14.4. The lowest BCUT2D eigenvalue weighted by Crippen LogP contribution is -2.50. The maximum atomic E-state index is 12.5. The summed E-state index contributed by atoms with van der Waals surface area (Å²) < 4.78 is 0. The van der Waals surface area contributed by atoms with Crippen LogP contribution in [-0.2, 0) is 19.2 Å². The summed E-state index contributed by atoms with van der Waals surface area (Å²) in [5, 5.41) is 0. The zero-order valence-corrected chi connectivity index (χ0v) is 17.4. The van der Waals surface area contributed by atoms with Crippen molar-refractivity contribution in [1.29, 1.82) is 0 Å². The Morgan fingerprint density at radius 2 is 1.37 bits per heavy atom. The van der Waals surface area contributed by atoms with Gasteiger partial charge >= 0.3 is 0 Å². The summed E-state index contributed by atoms with van der Waals surface area (Å²) in [6.45, 7) is 0.0708. The number of nitrogens with one attached hydrogen (secondary N) is 2. The summed E-state index contributed by atoms with van der Waals surface area (Å²) in [5.41, 5.74) is 5.18. The molecule has 0 unspecified atom stereocenters. The molecule has 2 atom stereocenters. The molecule has 30 heavy (non-hydrogen) atoms. The third-order valence-electron chi connectivity index (χ3n) is 8.20. The molecule has 0 aromatic heterocycles. The third kappa shape index (κ3) is 3.56. The summed E-state index contributed by atoms with van der Waals surface area (Å²) in [6, 6.07) is 0. The van der Waals surface area contributed by atoms with Crippen LogP contribution in [0.5, 0.6) is 0 Å².